The van der Waals surface area contributed by atoms with E-state index in [-0.39, 0.29) is 29.2 Å². The van der Waals surface area contributed by atoms with Crippen molar-refractivity contribution >= 4 is 29.1 Å². The van der Waals surface area contributed by atoms with Crippen LogP contribution >= 0.6 is 0 Å². The van der Waals surface area contributed by atoms with Gasteiger partial charge in [0.2, 0.25) is 5.91 Å². The standard InChI is InChI=1S/C28H26FN3O3/c1-17-10-11-19(16-24(17)31-26(33)20-6-2-4-8-22(20)29)28(35)32-14-12-18(13-15-32)25-21-7-3-5-9-23(21)30-27(25)34/h2-11,16,18,25H,12-15H2,1H3,(H,30,34)(H,31,33). The zero-order valence-corrected chi connectivity index (χ0v) is 19.4. The topological polar surface area (TPSA) is 78.5 Å². The van der Waals surface area contributed by atoms with Crippen LogP contribution in [0.1, 0.15) is 50.6 Å². The Balaban J connectivity index is 1.26. The lowest BCUT2D eigenvalue weighted by Gasteiger charge is -2.34. The van der Waals surface area contributed by atoms with Crippen molar-refractivity contribution < 1.29 is 18.8 Å². The molecule has 1 atom stereocenters. The molecule has 0 radical (unpaired) electrons. The number of hydrogen-bond acceptors (Lipinski definition) is 3. The summed E-state index contributed by atoms with van der Waals surface area (Å²) in [7, 11) is 0. The van der Waals surface area contributed by atoms with Crippen LogP contribution in [-0.4, -0.2) is 35.7 Å². The first-order valence-corrected chi connectivity index (χ1v) is 11.8. The second kappa shape index (κ2) is 9.33. The molecule has 1 saturated heterocycles. The van der Waals surface area contributed by atoms with Crippen LogP contribution in [0.5, 0.6) is 0 Å². The van der Waals surface area contributed by atoms with Crippen LogP contribution in [0, 0.1) is 18.7 Å². The van der Waals surface area contributed by atoms with E-state index in [9.17, 15) is 18.8 Å². The number of carbonyl (C=O) groups is 3. The molecule has 3 aromatic carbocycles. The summed E-state index contributed by atoms with van der Waals surface area (Å²) in [6.45, 7) is 2.93. The van der Waals surface area contributed by atoms with Gasteiger partial charge >= 0.3 is 0 Å². The highest BCUT2D eigenvalue weighted by molar-refractivity contribution is 6.06. The lowest BCUT2D eigenvalue weighted by atomic mass is 9.80. The number of nitrogens with zero attached hydrogens (tertiary/aromatic N) is 1. The van der Waals surface area contributed by atoms with Gasteiger partial charge < -0.3 is 15.5 Å². The summed E-state index contributed by atoms with van der Waals surface area (Å²) in [6.07, 6.45) is 1.47. The van der Waals surface area contributed by atoms with Crippen molar-refractivity contribution in [3.05, 3.63) is 94.8 Å². The molecule has 1 fully saturated rings. The van der Waals surface area contributed by atoms with Crippen molar-refractivity contribution in [2.75, 3.05) is 23.7 Å². The van der Waals surface area contributed by atoms with Crippen molar-refractivity contribution in [1.29, 1.82) is 0 Å². The van der Waals surface area contributed by atoms with E-state index in [0.29, 0.717) is 24.3 Å². The van der Waals surface area contributed by atoms with Crippen LogP contribution in [0.4, 0.5) is 15.8 Å². The van der Waals surface area contributed by atoms with Crippen LogP contribution in [0.2, 0.25) is 0 Å². The van der Waals surface area contributed by atoms with Gasteiger partial charge in [0.05, 0.1) is 11.5 Å². The minimum Gasteiger partial charge on any atom is -0.339 e. The maximum Gasteiger partial charge on any atom is 0.258 e. The van der Waals surface area contributed by atoms with E-state index in [2.05, 4.69) is 10.6 Å². The van der Waals surface area contributed by atoms with Gasteiger partial charge in [0.25, 0.3) is 11.8 Å². The van der Waals surface area contributed by atoms with E-state index < -0.39 is 11.7 Å². The Bertz CT molecular complexity index is 1310. The van der Waals surface area contributed by atoms with Crippen LogP contribution in [0.3, 0.4) is 0 Å². The number of anilines is 2. The number of likely N-dealkylation sites (tertiary alicyclic amines) is 1. The fraction of sp³-hybridized carbons (Fsp3) is 0.250. The van der Waals surface area contributed by atoms with Gasteiger partial charge in [0.15, 0.2) is 0 Å². The highest BCUT2D eigenvalue weighted by Gasteiger charge is 2.38. The smallest absolute Gasteiger partial charge is 0.258 e. The summed E-state index contributed by atoms with van der Waals surface area (Å²) in [5.41, 5.74) is 3.57. The zero-order chi connectivity index (χ0) is 24.5. The molecule has 3 aromatic rings. The highest BCUT2D eigenvalue weighted by atomic mass is 19.1. The largest absolute Gasteiger partial charge is 0.339 e. The average Bonchev–Trinajstić information content (AvgIpc) is 3.21. The van der Waals surface area contributed by atoms with E-state index in [0.717, 1.165) is 29.7 Å². The fourth-order valence-corrected chi connectivity index (χ4v) is 5.04. The molecule has 178 valence electrons. The molecule has 2 heterocycles. The SMILES string of the molecule is Cc1ccc(C(=O)N2CCC(C3C(=O)Nc4ccccc43)CC2)cc1NC(=O)c1ccccc1F. The van der Waals surface area contributed by atoms with E-state index in [4.69, 9.17) is 0 Å². The van der Waals surface area contributed by atoms with Gasteiger partial charge in [-0.3, -0.25) is 14.4 Å². The van der Waals surface area contributed by atoms with Crippen molar-refractivity contribution in [3.63, 3.8) is 0 Å². The Morgan fingerprint density at radius 1 is 1.00 bits per heavy atom. The number of piperidine rings is 1. The number of para-hydroxylation sites is 1. The minimum atomic E-state index is -0.601. The maximum absolute atomic E-state index is 14.0. The summed E-state index contributed by atoms with van der Waals surface area (Å²) in [5.74, 6) is -1.26. The second-order valence-corrected chi connectivity index (χ2v) is 9.15. The zero-order valence-electron chi connectivity index (χ0n) is 19.4. The highest BCUT2D eigenvalue weighted by Crippen LogP contribution is 2.41. The van der Waals surface area contributed by atoms with E-state index in [1.165, 1.54) is 18.2 Å². The summed E-state index contributed by atoms with van der Waals surface area (Å²) < 4.78 is 14.0. The predicted molar refractivity (Wildman–Crippen MR) is 132 cm³/mol. The number of rotatable bonds is 4. The Kier molecular flexibility index (Phi) is 6.07. The molecule has 2 aliphatic heterocycles. The Hall–Kier alpha value is -4.00. The van der Waals surface area contributed by atoms with Gasteiger partial charge in [-0.25, -0.2) is 4.39 Å². The quantitative estimate of drug-likeness (QED) is 0.564. The Labute approximate surface area is 203 Å². The summed E-state index contributed by atoms with van der Waals surface area (Å²) in [6, 6.07) is 18.7. The van der Waals surface area contributed by atoms with E-state index >= 15 is 0 Å². The van der Waals surface area contributed by atoms with Crippen LogP contribution in [0.15, 0.2) is 66.7 Å². The average molecular weight is 472 g/mol. The lowest BCUT2D eigenvalue weighted by molar-refractivity contribution is -0.118. The Morgan fingerprint density at radius 3 is 2.49 bits per heavy atom. The van der Waals surface area contributed by atoms with Crippen molar-refractivity contribution in [1.82, 2.24) is 4.90 Å². The molecular formula is C28H26FN3O3. The van der Waals surface area contributed by atoms with Crippen molar-refractivity contribution in [3.8, 4) is 0 Å². The third-order valence-electron chi connectivity index (χ3n) is 6.99. The molecule has 0 bridgehead atoms. The molecule has 0 aliphatic carbocycles. The first-order valence-electron chi connectivity index (χ1n) is 11.8. The second-order valence-electron chi connectivity index (χ2n) is 9.15. The number of benzene rings is 3. The van der Waals surface area contributed by atoms with Gasteiger partial charge in [-0.15, -0.1) is 0 Å². The molecule has 2 N–H and O–H groups in total. The molecular weight excluding hydrogens is 445 g/mol. The number of hydrogen-bond donors (Lipinski definition) is 2. The third-order valence-corrected chi connectivity index (χ3v) is 6.99. The van der Waals surface area contributed by atoms with Crippen LogP contribution in [0.25, 0.3) is 0 Å². The van der Waals surface area contributed by atoms with Crippen molar-refractivity contribution in [2.45, 2.75) is 25.7 Å². The molecule has 6 nitrogen and oxygen atoms in total. The van der Waals surface area contributed by atoms with Gasteiger partial charge in [0.1, 0.15) is 5.82 Å². The monoisotopic (exact) mass is 471 g/mol. The predicted octanol–water partition coefficient (Wildman–Crippen LogP) is 4.97. The number of aryl methyl sites for hydroxylation is 1. The maximum atomic E-state index is 14.0. The van der Waals surface area contributed by atoms with E-state index in [1.807, 2.05) is 31.2 Å². The van der Waals surface area contributed by atoms with Gasteiger partial charge in [-0.05, 0) is 67.1 Å². The molecule has 0 spiro atoms. The van der Waals surface area contributed by atoms with Gasteiger partial charge in [-0.2, -0.15) is 0 Å². The minimum absolute atomic E-state index is 0.0322. The number of nitrogens with one attached hydrogen (secondary N) is 2. The summed E-state index contributed by atoms with van der Waals surface area (Å²) in [4.78, 5) is 40.2. The summed E-state index contributed by atoms with van der Waals surface area (Å²) >= 11 is 0. The Morgan fingerprint density at radius 2 is 1.71 bits per heavy atom. The molecule has 0 saturated carbocycles. The molecule has 7 heteroatoms. The van der Waals surface area contributed by atoms with Crippen LogP contribution < -0.4 is 10.6 Å². The van der Waals surface area contributed by atoms with Gasteiger partial charge in [0, 0.05) is 30.0 Å². The lowest BCUT2D eigenvalue weighted by Crippen LogP contribution is -2.40. The first kappa shape index (κ1) is 22.8. The summed E-state index contributed by atoms with van der Waals surface area (Å²) in [5, 5.41) is 5.70. The molecule has 2 aliphatic rings. The number of halogens is 1. The first-order chi connectivity index (χ1) is 16.9. The number of carbonyl (C=O) groups excluding carboxylic acids is 3. The van der Waals surface area contributed by atoms with E-state index in [1.54, 1.807) is 29.2 Å². The normalized spacial score (nSPS) is 17.6. The van der Waals surface area contributed by atoms with Crippen LogP contribution in [-0.2, 0) is 4.79 Å². The number of fused-ring (bicyclic) bond motifs is 1. The molecule has 5 rings (SSSR count). The van der Waals surface area contributed by atoms with Crippen molar-refractivity contribution in [2.24, 2.45) is 5.92 Å². The number of amides is 3. The molecule has 35 heavy (non-hydrogen) atoms. The van der Waals surface area contributed by atoms with Gasteiger partial charge in [-0.1, -0.05) is 36.4 Å². The molecule has 0 aromatic heterocycles. The fourth-order valence-electron chi connectivity index (χ4n) is 5.04. The third kappa shape index (κ3) is 4.41. The molecule has 1 unspecified atom stereocenters. The molecule has 3 amide bonds.